The van der Waals surface area contributed by atoms with Crippen molar-refractivity contribution in [3.05, 3.63) is 89.2 Å². The number of carbonyl (C=O) groups is 1. The maximum atomic E-state index is 12.9. The second kappa shape index (κ2) is 11.1. The van der Waals surface area contributed by atoms with Gasteiger partial charge in [0.15, 0.2) is 0 Å². The summed E-state index contributed by atoms with van der Waals surface area (Å²) in [5.74, 6) is 0.347. The number of sulfonamides is 1. The number of pyridine rings is 1. The maximum absolute atomic E-state index is 12.9. The van der Waals surface area contributed by atoms with Crippen molar-refractivity contribution in [3.63, 3.8) is 0 Å². The van der Waals surface area contributed by atoms with Gasteiger partial charge in [-0.05, 0) is 54.4 Å². The smallest absolute Gasteiger partial charge is 0.251 e. The molecule has 174 valence electrons. The van der Waals surface area contributed by atoms with E-state index >= 15 is 0 Å². The van der Waals surface area contributed by atoms with Crippen LogP contribution in [0.2, 0.25) is 0 Å². The number of nitrogens with zero attached hydrogens (tertiary/aromatic N) is 2. The molecule has 3 rings (SSSR count). The van der Waals surface area contributed by atoms with Gasteiger partial charge in [-0.3, -0.25) is 9.78 Å². The number of hydrogen-bond donors (Lipinski definition) is 1. The molecule has 1 N–H and O–H groups in total. The van der Waals surface area contributed by atoms with Crippen LogP contribution in [-0.4, -0.2) is 36.7 Å². The largest absolute Gasteiger partial charge is 0.487 e. The molecule has 1 heterocycles. The Morgan fingerprint density at radius 2 is 1.82 bits per heavy atom. The Morgan fingerprint density at radius 3 is 2.52 bits per heavy atom. The molecule has 3 aromatic rings. The fourth-order valence-electron chi connectivity index (χ4n) is 3.38. The number of carbonyl (C=O) groups excluding carboxylic acids is 1. The number of aryl methyl sites for hydroxylation is 1. The first kappa shape index (κ1) is 24.4. The molecule has 0 aliphatic carbocycles. The summed E-state index contributed by atoms with van der Waals surface area (Å²) in [5.41, 5.74) is 2.74. The Hall–Kier alpha value is -3.23. The highest BCUT2D eigenvalue weighted by atomic mass is 32.2. The van der Waals surface area contributed by atoms with Crippen LogP contribution in [0.4, 0.5) is 0 Å². The Bertz CT molecular complexity index is 1190. The van der Waals surface area contributed by atoms with Gasteiger partial charge in [0, 0.05) is 31.4 Å². The third kappa shape index (κ3) is 6.18. The number of aromatic nitrogens is 1. The van der Waals surface area contributed by atoms with E-state index in [2.05, 4.69) is 10.3 Å². The molecule has 0 bridgehead atoms. The Labute approximate surface area is 195 Å². The predicted octanol–water partition coefficient (Wildman–Crippen LogP) is 3.93. The van der Waals surface area contributed by atoms with Crippen LogP contribution >= 0.6 is 0 Å². The lowest BCUT2D eigenvalue weighted by atomic mass is 10.1. The van der Waals surface area contributed by atoms with Crippen LogP contribution in [0, 0.1) is 6.92 Å². The lowest BCUT2D eigenvalue weighted by Crippen LogP contribution is -2.31. The van der Waals surface area contributed by atoms with E-state index in [0.717, 1.165) is 11.3 Å². The van der Waals surface area contributed by atoms with Crippen LogP contribution in [0.5, 0.6) is 5.75 Å². The van der Waals surface area contributed by atoms with Crippen molar-refractivity contribution in [2.24, 2.45) is 0 Å². The summed E-state index contributed by atoms with van der Waals surface area (Å²) in [4.78, 5) is 17.2. The van der Waals surface area contributed by atoms with E-state index in [4.69, 9.17) is 4.74 Å². The molecule has 0 atom stereocenters. The molecule has 0 fully saturated rings. The zero-order valence-electron chi connectivity index (χ0n) is 19.1. The zero-order valence-corrected chi connectivity index (χ0v) is 19.9. The highest BCUT2D eigenvalue weighted by molar-refractivity contribution is 7.89. The summed E-state index contributed by atoms with van der Waals surface area (Å²) < 4.78 is 32.8. The molecule has 1 amide bonds. The highest BCUT2D eigenvalue weighted by Crippen LogP contribution is 2.20. The van der Waals surface area contributed by atoms with Gasteiger partial charge in [0.2, 0.25) is 10.0 Å². The van der Waals surface area contributed by atoms with Gasteiger partial charge in [-0.2, -0.15) is 4.31 Å². The molecule has 0 radical (unpaired) electrons. The fraction of sp³-hybridized carbons (Fsp3) is 0.280. The number of benzene rings is 2. The molecule has 0 aliphatic rings. The van der Waals surface area contributed by atoms with Gasteiger partial charge in [0.1, 0.15) is 12.4 Å². The van der Waals surface area contributed by atoms with Crippen LogP contribution in [0.25, 0.3) is 0 Å². The Morgan fingerprint density at radius 1 is 1.03 bits per heavy atom. The van der Waals surface area contributed by atoms with Crippen LogP contribution in [-0.2, 0) is 23.2 Å². The average Bonchev–Trinajstić information content (AvgIpc) is 2.83. The Kier molecular flexibility index (Phi) is 8.19. The van der Waals surface area contributed by atoms with Gasteiger partial charge in [0.05, 0.1) is 10.6 Å². The number of amides is 1. The lowest BCUT2D eigenvalue weighted by molar-refractivity contribution is 0.0950. The van der Waals surface area contributed by atoms with Gasteiger partial charge in [0.25, 0.3) is 5.91 Å². The van der Waals surface area contributed by atoms with Gasteiger partial charge in [-0.15, -0.1) is 0 Å². The molecule has 2 aromatic carbocycles. The highest BCUT2D eigenvalue weighted by Gasteiger charge is 2.23. The van der Waals surface area contributed by atoms with Crippen LogP contribution in [0.1, 0.15) is 41.0 Å². The van der Waals surface area contributed by atoms with Gasteiger partial charge < -0.3 is 10.1 Å². The monoisotopic (exact) mass is 467 g/mol. The quantitative estimate of drug-likeness (QED) is 0.488. The van der Waals surface area contributed by atoms with Gasteiger partial charge in [-0.25, -0.2) is 8.42 Å². The van der Waals surface area contributed by atoms with Crippen LogP contribution in [0.3, 0.4) is 0 Å². The molecule has 0 unspecified atom stereocenters. The molecule has 8 heteroatoms. The second-order valence-electron chi connectivity index (χ2n) is 7.51. The summed E-state index contributed by atoms with van der Waals surface area (Å²) in [5, 5.41) is 2.88. The van der Waals surface area contributed by atoms with E-state index < -0.39 is 10.0 Å². The predicted molar refractivity (Wildman–Crippen MR) is 127 cm³/mol. The summed E-state index contributed by atoms with van der Waals surface area (Å²) >= 11 is 0. The van der Waals surface area contributed by atoms with Crippen LogP contribution < -0.4 is 10.1 Å². The average molecular weight is 468 g/mol. The van der Waals surface area contributed by atoms with E-state index in [0.29, 0.717) is 36.6 Å². The third-order valence-corrected chi connectivity index (χ3v) is 7.31. The summed E-state index contributed by atoms with van der Waals surface area (Å²) in [6, 6.07) is 17.8. The zero-order chi connectivity index (χ0) is 23.8. The maximum Gasteiger partial charge on any atom is 0.251 e. The minimum Gasteiger partial charge on any atom is -0.487 e. The standard InChI is InChI=1S/C25H29N3O4S/c1-4-28(5-2)33(30,31)23-13-12-19(3)24(16-23)25(29)27-17-20-9-8-11-22(15-20)32-18-21-10-6-7-14-26-21/h6-16H,4-5,17-18H2,1-3H3,(H,27,29). The number of rotatable bonds is 10. The molecule has 7 nitrogen and oxygen atoms in total. The molecule has 33 heavy (non-hydrogen) atoms. The second-order valence-corrected chi connectivity index (χ2v) is 9.44. The van der Waals surface area contributed by atoms with Crippen molar-refractivity contribution in [2.45, 2.75) is 38.8 Å². The first-order valence-corrected chi connectivity index (χ1v) is 12.3. The molecule has 0 saturated carbocycles. The van der Waals surface area contributed by atoms with E-state index in [1.165, 1.54) is 10.4 Å². The SMILES string of the molecule is CCN(CC)S(=O)(=O)c1ccc(C)c(C(=O)NCc2cccc(OCc3ccccn3)c2)c1. The molecular formula is C25H29N3O4S. The normalized spacial score (nSPS) is 11.4. The van der Waals surface area contributed by atoms with Crippen molar-refractivity contribution < 1.29 is 17.9 Å². The topological polar surface area (TPSA) is 88.6 Å². The summed E-state index contributed by atoms with van der Waals surface area (Å²) in [7, 11) is -3.64. The van der Waals surface area contributed by atoms with E-state index in [1.807, 2.05) is 42.5 Å². The van der Waals surface area contributed by atoms with E-state index in [-0.39, 0.29) is 17.3 Å². The van der Waals surface area contributed by atoms with Crippen molar-refractivity contribution >= 4 is 15.9 Å². The molecule has 0 saturated heterocycles. The third-order valence-electron chi connectivity index (χ3n) is 5.26. The summed E-state index contributed by atoms with van der Waals surface area (Å²) in [6.45, 7) is 6.73. The summed E-state index contributed by atoms with van der Waals surface area (Å²) in [6.07, 6.45) is 1.72. The van der Waals surface area contributed by atoms with Crippen molar-refractivity contribution in [3.8, 4) is 5.75 Å². The molecular weight excluding hydrogens is 438 g/mol. The first-order valence-electron chi connectivity index (χ1n) is 10.9. The van der Waals surface area contributed by atoms with Crippen molar-refractivity contribution in [1.82, 2.24) is 14.6 Å². The lowest BCUT2D eigenvalue weighted by Gasteiger charge is -2.19. The fourth-order valence-corrected chi connectivity index (χ4v) is 4.87. The number of hydrogen-bond acceptors (Lipinski definition) is 5. The number of ether oxygens (including phenoxy) is 1. The van der Waals surface area contributed by atoms with Gasteiger partial charge in [-0.1, -0.05) is 38.1 Å². The van der Waals surface area contributed by atoms with E-state index in [1.54, 1.807) is 39.1 Å². The minimum absolute atomic E-state index is 0.117. The minimum atomic E-state index is -3.64. The first-order chi connectivity index (χ1) is 15.8. The van der Waals surface area contributed by atoms with Crippen molar-refractivity contribution in [2.75, 3.05) is 13.1 Å². The van der Waals surface area contributed by atoms with Crippen LogP contribution in [0.15, 0.2) is 71.8 Å². The molecule has 0 spiro atoms. The number of nitrogens with one attached hydrogen (secondary N) is 1. The van der Waals surface area contributed by atoms with Gasteiger partial charge >= 0.3 is 0 Å². The Balaban J connectivity index is 1.68. The molecule has 0 aliphatic heterocycles. The molecule has 1 aromatic heterocycles. The van der Waals surface area contributed by atoms with E-state index in [9.17, 15) is 13.2 Å². The van der Waals surface area contributed by atoms with Crippen molar-refractivity contribution in [1.29, 1.82) is 0 Å².